The predicted octanol–water partition coefficient (Wildman–Crippen LogP) is 3.13. The van der Waals surface area contributed by atoms with Gasteiger partial charge in [-0.15, -0.1) is 0 Å². The lowest BCUT2D eigenvalue weighted by molar-refractivity contribution is -0.0598. The first kappa shape index (κ1) is 12.3. The van der Waals surface area contributed by atoms with Crippen LogP contribution in [0.25, 0.3) is 0 Å². The monoisotopic (exact) mass is 292 g/mol. The van der Waals surface area contributed by atoms with Crippen LogP contribution in [0.5, 0.6) is 0 Å². The number of hydrogen-bond donors (Lipinski definition) is 1. The molecule has 15 heavy (non-hydrogen) atoms. The third kappa shape index (κ3) is 3.37. The maximum absolute atomic E-state index is 11.4. The fourth-order valence-electron chi connectivity index (χ4n) is 0.868. The third-order valence-corrected chi connectivity index (χ3v) is 2.54. The van der Waals surface area contributed by atoms with E-state index in [0.29, 0.717) is 10.7 Å². The maximum Gasteiger partial charge on any atom is 0.345 e. The Hall–Kier alpha value is -0.780. The van der Waals surface area contributed by atoms with E-state index in [2.05, 4.69) is 21.2 Å². The van der Waals surface area contributed by atoms with Crippen LogP contribution < -0.4 is 5.32 Å². The summed E-state index contributed by atoms with van der Waals surface area (Å²) >= 11 is 9.19. The molecule has 0 bridgehead atoms. The topological polar surface area (TPSA) is 41.6 Å². The molecular weight excluding hydrogens is 283 g/mol. The first-order valence-electron chi connectivity index (χ1n) is 4.08. The number of benzene rings is 1. The van der Waals surface area contributed by atoms with Crippen molar-refractivity contribution < 1.29 is 9.63 Å². The fourth-order valence-corrected chi connectivity index (χ4v) is 1.59. The molecule has 0 radical (unpaired) electrons. The molecule has 6 heteroatoms. The summed E-state index contributed by atoms with van der Waals surface area (Å²) in [6.45, 7) is 0. The summed E-state index contributed by atoms with van der Waals surface area (Å²) in [5.41, 5.74) is 0.536. The van der Waals surface area contributed by atoms with Crippen LogP contribution in [0.15, 0.2) is 22.7 Å². The summed E-state index contributed by atoms with van der Waals surface area (Å²) in [4.78, 5) is 16.1. The number of urea groups is 1. The summed E-state index contributed by atoms with van der Waals surface area (Å²) < 4.78 is 0.852. The first-order chi connectivity index (χ1) is 7.04. The number of nitrogens with zero attached hydrogens (tertiary/aromatic N) is 1. The molecule has 4 nitrogen and oxygen atoms in total. The summed E-state index contributed by atoms with van der Waals surface area (Å²) in [6.07, 6.45) is 0. The van der Waals surface area contributed by atoms with Crippen molar-refractivity contribution >= 4 is 39.2 Å². The Morgan fingerprint density at radius 2 is 2.27 bits per heavy atom. The molecule has 0 aliphatic rings. The zero-order valence-electron chi connectivity index (χ0n) is 8.25. The van der Waals surface area contributed by atoms with Crippen molar-refractivity contribution in [3.8, 4) is 0 Å². The highest BCUT2D eigenvalue weighted by Crippen LogP contribution is 2.25. The van der Waals surface area contributed by atoms with Crippen LogP contribution >= 0.6 is 27.5 Å². The van der Waals surface area contributed by atoms with Gasteiger partial charge in [0.05, 0.1) is 17.8 Å². The third-order valence-electron chi connectivity index (χ3n) is 1.73. The SMILES string of the molecule is CON(C)C(=O)Nc1ccc(Br)cc1Cl. The van der Waals surface area contributed by atoms with E-state index in [1.54, 1.807) is 18.2 Å². The van der Waals surface area contributed by atoms with Gasteiger partial charge in [-0.3, -0.25) is 4.84 Å². The Bertz CT molecular complexity index is 373. The Kier molecular flexibility index (Phi) is 4.38. The van der Waals surface area contributed by atoms with E-state index in [1.807, 2.05) is 0 Å². The maximum atomic E-state index is 11.4. The smallest absolute Gasteiger partial charge is 0.305 e. The second-order valence-electron chi connectivity index (χ2n) is 2.73. The molecule has 1 N–H and O–H groups in total. The molecule has 0 atom stereocenters. The first-order valence-corrected chi connectivity index (χ1v) is 5.25. The Morgan fingerprint density at radius 1 is 1.60 bits per heavy atom. The average molecular weight is 294 g/mol. The molecule has 0 aliphatic heterocycles. The van der Waals surface area contributed by atoms with Gasteiger partial charge in [-0.05, 0) is 18.2 Å². The molecule has 1 aromatic carbocycles. The molecule has 0 heterocycles. The summed E-state index contributed by atoms with van der Waals surface area (Å²) in [5, 5.41) is 4.13. The van der Waals surface area contributed by atoms with Crippen molar-refractivity contribution in [1.29, 1.82) is 0 Å². The number of carbonyl (C=O) groups excluding carboxylic acids is 1. The van der Waals surface area contributed by atoms with E-state index in [-0.39, 0.29) is 6.03 Å². The van der Waals surface area contributed by atoms with Gasteiger partial charge in [0.15, 0.2) is 0 Å². The molecule has 2 amide bonds. The predicted molar refractivity (Wildman–Crippen MR) is 62.9 cm³/mol. The van der Waals surface area contributed by atoms with Crippen LogP contribution in [0, 0.1) is 0 Å². The highest BCUT2D eigenvalue weighted by Gasteiger charge is 2.09. The number of hydrogen-bond acceptors (Lipinski definition) is 2. The van der Waals surface area contributed by atoms with Gasteiger partial charge in [0.2, 0.25) is 0 Å². The lowest BCUT2D eigenvalue weighted by Crippen LogP contribution is -2.30. The van der Waals surface area contributed by atoms with E-state index in [4.69, 9.17) is 16.4 Å². The second kappa shape index (κ2) is 5.34. The molecule has 0 unspecified atom stereocenters. The number of nitrogens with one attached hydrogen (secondary N) is 1. The van der Waals surface area contributed by atoms with E-state index in [0.717, 1.165) is 9.54 Å². The molecule has 1 rings (SSSR count). The number of amides is 2. The van der Waals surface area contributed by atoms with Crippen LogP contribution in [-0.4, -0.2) is 25.3 Å². The van der Waals surface area contributed by atoms with Gasteiger partial charge in [0, 0.05) is 11.5 Å². The van der Waals surface area contributed by atoms with Crippen molar-refractivity contribution in [2.45, 2.75) is 0 Å². The lowest BCUT2D eigenvalue weighted by Gasteiger charge is -2.15. The van der Waals surface area contributed by atoms with Crippen molar-refractivity contribution in [3.05, 3.63) is 27.7 Å². The Balaban J connectivity index is 2.77. The number of anilines is 1. The van der Waals surface area contributed by atoms with Gasteiger partial charge >= 0.3 is 6.03 Å². The van der Waals surface area contributed by atoms with Gasteiger partial charge in [0.25, 0.3) is 0 Å². The van der Waals surface area contributed by atoms with Gasteiger partial charge in [-0.1, -0.05) is 27.5 Å². The highest BCUT2D eigenvalue weighted by atomic mass is 79.9. The number of hydroxylamine groups is 2. The highest BCUT2D eigenvalue weighted by molar-refractivity contribution is 9.10. The Morgan fingerprint density at radius 3 is 2.80 bits per heavy atom. The molecule has 0 aliphatic carbocycles. The number of carbonyl (C=O) groups is 1. The lowest BCUT2D eigenvalue weighted by atomic mass is 10.3. The van der Waals surface area contributed by atoms with Gasteiger partial charge in [-0.25, -0.2) is 9.86 Å². The molecule has 82 valence electrons. The molecule has 0 saturated carbocycles. The molecule has 1 aromatic rings. The van der Waals surface area contributed by atoms with Crippen molar-refractivity contribution in [3.63, 3.8) is 0 Å². The quantitative estimate of drug-likeness (QED) is 0.851. The molecule has 0 spiro atoms. The van der Waals surface area contributed by atoms with E-state index in [1.165, 1.54) is 14.2 Å². The van der Waals surface area contributed by atoms with Crippen LogP contribution in [0.4, 0.5) is 10.5 Å². The van der Waals surface area contributed by atoms with Crippen LogP contribution in [-0.2, 0) is 4.84 Å². The van der Waals surface area contributed by atoms with E-state index < -0.39 is 0 Å². The van der Waals surface area contributed by atoms with Crippen molar-refractivity contribution in [2.24, 2.45) is 0 Å². The normalized spacial score (nSPS) is 9.87. The van der Waals surface area contributed by atoms with Gasteiger partial charge in [-0.2, -0.15) is 0 Å². The van der Waals surface area contributed by atoms with E-state index >= 15 is 0 Å². The largest absolute Gasteiger partial charge is 0.345 e. The minimum absolute atomic E-state index is 0.387. The minimum Gasteiger partial charge on any atom is -0.305 e. The fraction of sp³-hybridized carbons (Fsp3) is 0.222. The van der Waals surface area contributed by atoms with Gasteiger partial charge < -0.3 is 5.32 Å². The Labute approximate surface area is 101 Å². The van der Waals surface area contributed by atoms with Crippen LogP contribution in [0.3, 0.4) is 0 Å². The van der Waals surface area contributed by atoms with Crippen LogP contribution in [0.1, 0.15) is 0 Å². The summed E-state index contributed by atoms with van der Waals surface area (Å²) in [6, 6.07) is 4.80. The van der Waals surface area contributed by atoms with Crippen LogP contribution in [0.2, 0.25) is 5.02 Å². The second-order valence-corrected chi connectivity index (χ2v) is 4.06. The molecule has 0 aromatic heterocycles. The summed E-state index contributed by atoms with van der Waals surface area (Å²) in [5.74, 6) is 0. The zero-order chi connectivity index (χ0) is 11.4. The van der Waals surface area contributed by atoms with Gasteiger partial charge in [0.1, 0.15) is 0 Å². The zero-order valence-corrected chi connectivity index (χ0v) is 10.6. The van der Waals surface area contributed by atoms with Crippen molar-refractivity contribution in [2.75, 3.05) is 19.5 Å². The molecule has 0 saturated heterocycles. The average Bonchev–Trinajstić information content (AvgIpc) is 2.20. The standard InChI is InChI=1S/C9H10BrClN2O2/c1-13(15-2)9(14)12-8-4-3-6(10)5-7(8)11/h3-5H,1-2H3,(H,12,14). The van der Waals surface area contributed by atoms with E-state index in [9.17, 15) is 4.79 Å². The molecular formula is C9H10BrClN2O2. The van der Waals surface area contributed by atoms with Crippen molar-refractivity contribution in [1.82, 2.24) is 5.06 Å². The molecule has 0 fully saturated rings. The number of rotatable bonds is 2. The number of halogens is 2. The minimum atomic E-state index is -0.387. The summed E-state index contributed by atoms with van der Waals surface area (Å²) in [7, 11) is 2.91.